The Morgan fingerprint density at radius 3 is 1.77 bits per heavy atom. The summed E-state index contributed by atoms with van der Waals surface area (Å²) in [7, 11) is 6.32. The number of carboxylic acid groups (broad SMARTS) is 1. The van der Waals surface area contributed by atoms with Crippen molar-refractivity contribution in [3.05, 3.63) is 0 Å². The van der Waals surface area contributed by atoms with Gasteiger partial charge in [0.25, 0.3) is 0 Å². The summed E-state index contributed by atoms with van der Waals surface area (Å²) in [6.07, 6.45) is 0.111. The lowest BCUT2D eigenvalue weighted by molar-refractivity contribution is -0.890. The van der Waals surface area contributed by atoms with Crippen molar-refractivity contribution >= 4 is 5.97 Å². The van der Waals surface area contributed by atoms with Crippen LogP contribution in [-0.4, -0.2) is 44.9 Å². The van der Waals surface area contributed by atoms with Gasteiger partial charge in [-0.15, -0.1) is 0 Å². The summed E-state index contributed by atoms with van der Waals surface area (Å²) >= 11 is 0. The molecule has 4 nitrogen and oxygen atoms in total. The van der Waals surface area contributed by atoms with E-state index in [1.165, 1.54) is 6.92 Å². The molecule has 0 aliphatic heterocycles. The Bertz CT molecular complexity index is 129. The van der Waals surface area contributed by atoms with E-state index in [2.05, 4.69) is 21.1 Å². The molecule has 4 heteroatoms. The highest BCUT2D eigenvalue weighted by Gasteiger charge is 2.03. The molecule has 0 heterocycles. The van der Waals surface area contributed by atoms with Crippen molar-refractivity contribution in [2.75, 3.05) is 34.5 Å². The third kappa shape index (κ3) is 24.6. The monoisotopic (exact) mass is 191 g/mol. The molecule has 0 fully saturated rings. The lowest BCUT2D eigenvalue weighted by Crippen LogP contribution is -2.36. The van der Waals surface area contributed by atoms with Crippen LogP contribution < -0.4 is 5.11 Å². The first-order chi connectivity index (χ1) is 5.83. The molecule has 13 heavy (non-hydrogen) atoms. The van der Waals surface area contributed by atoms with E-state index in [1.807, 2.05) is 6.92 Å². The maximum Gasteiger partial charge on any atom is 0.182 e. The molecule has 0 saturated heterocycles. The van der Waals surface area contributed by atoms with E-state index in [4.69, 9.17) is 4.74 Å². The SMILES string of the molecule is CCC(=O)[O-].CCOC[N+](C)(C)C. The molecule has 0 aromatic rings. The molecule has 0 aliphatic rings. The van der Waals surface area contributed by atoms with Gasteiger partial charge in [0, 0.05) is 12.6 Å². The van der Waals surface area contributed by atoms with Gasteiger partial charge in [0.1, 0.15) is 0 Å². The summed E-state index contributed by atoms with van der Waals surface area (Å²) in [5.41, 5.74) is 0. The molecular formula is C9H21NO3. The fourth-order valence-electron chi connectivity index (χ4n) is 0.365. The molecule has 0 N–H and O–H groups in total. The lowest BCUT2D eigenvalue weighted by atomic mass is 10.5. The van der Waals surface area contributed by atoms with E-state index in [0.29, 0.717) is 0 Å². The smallest absolute Gasteiger partial charge is 0.182 e. The lowest BCUT2D eigenvalue weighted by Gasteiger charge is -2.22. The van der Waals surface area contributed by atoms with Crippen molar-refractivity contribution < 1.29 is 19.1 Å². The topological polar surface area (TPSA) is 49.4 Å². The molecule has 0 aromatic carbocycles. The first kappa shape index (κ1) is 14.9. The number of quaternary nitrogens is 1. The van der Waals surface area contributed by atoms with E-state index in [9.17, 15) is 9.90 Å². The second-order valence-corrected chi connectivity index (χ2v) is 3.64. The quantitative estimate of drug-likeness (QED) is 0.458. The molecule has 0 unspecified atom stereocenters. The highest BCUT2D eigenvalue weighted by Crippen LogP contribution is 1.88. The van der Waals surface area contributed by atoms with E-state index in [0.717, 1.165) is 17.8 Å². The van der Waals surface area contributed by atoms with Crippen LogP contribution in [0.3, 0.4) is 0 Å². The van der Waals surface area contributed by atoms with Crippen LogP contribution in [0, 0.1) is 0 Å². The van der Waals surface area contributed by atoms with Crippen molar-refractivity contribution in [3.8, 4) is 0 Å². The van der Waals surface area contributed by atoms with Gasteiger partial charge in [-0.3, -0.25) is 0 Å². The number of ether oxygens (including phenoxy) is 1. The normalized spacial score (nSPS) is 10.2. The van der Waals surface area contributed by atoms with Crippen LogP contribution in [0.15, 0.2) is 0 Å². The van der Waals surface area contributed by atoms with Gasteiger partial charge < -0.3 is 19.1 Å². The number of rotatable bonds is 4. The van der Waals surface area contributed by atoms with Gasteiger partial charge in [0.05, 0.1) is 21.1 Å². The van der Waals surface area contributed by atoms with Crippen LogP contribution in [0.25, 0.3) is 0 Å². The summed E-state index contributed by atoms with van der Waals surface area (Å²) in [6, 6.07) is 0. The van der Waals surface area contributed by atoms with Gasteiger partial charge in [-0.1, -0.05) is 6.92 Å². The maximum atomic E-state index is 9.26. The number of aliphatic carboxylic acids is 1. The fourth-order valence-corrected chi connectivity index (χ4v) is 0.365. The average Bonchev–Trinajstić information content (AvgIpc) is 2.00. The van der Waals surface area contributed by atoms with Gasteiger partial charge in [0.2, 0.25) is 0 Å². The van der Waals surface area contributed by atoms with Crippen molar-refractivity contribution in [1.82, 2.24) is 0 Å². The Morgan fingerprint density at radius 1 is 1.31 bits per heavy atom. The summed E-state index contributed by atoms with van der Waals surface area (Å²) in [5, 5.41) is 9.26. The van der Waals surface area contributed by atoms with Gasteiger partial charge >= 0.3 is 0 Å². The van der Waals surface area contributed by atoms with Gasteiger partial charge in [-0.2, -0.15) is 0 Å². The number of carbonyl (C=O) groups excluding carboxylic acids is 1. The predicted molar refractivity (Wildman–Crippen MR) is 49.8 cm³/mol. The zero-order valence-corrected chi connectivity index (χ0v) is 9.29. The van der Waals surface area contributed by atoms with Crippen molar-refractivity contribution in [3.63, 3.8) is 0 Å². The number of hydrogen-bond donors (Lipinski definition) is 0. The van der Waals surface area contributed by atoms with Crippen LogP contribution in [0.5, 0.6) is 0 Å². The molecule has 0 spiro atoms. The van der Waals surface area contributed by atoms with E-state index in [-0.39, 0.29) is 6.42 Å². The largest absolute Gasteiger partial charge is 0.550 e. The Morgan fingerprint density at radius 2 is 1.69 bits per heavy atom. The summed E-state index contributed by atoms with van der Waals surface area (Å²) < 4.78 is 6.05. The Hall–Kier alpha value is -0.610. The third-order valence-electron chi connectivity index (χ3n) is 0.971. The molecule has 0 radical (unpaired) electrons. The van der Waals surface area contributed by atoms with Crippen LogP contribution >= 0.6 is 0 Å². The fraction of sp³-hybridized carbons (Fsp3) is 0.889. The van der Waals surface area contributed by atoms with Crippen molar-refractivity contribution in [2.45, 2.75) is 20.3 Å². The zero-order chi connectivity index (χ0) is 10.9. The van der Waals surface area contributed by atoms with Crippen LogP contribution in [0.4, 0.5) is 0 Å². The highest BCUT2D eigenvalue weighted by atomic mass is 16.5. The molecule has 0 aromatic heterocycles. The molecule has 0 saturated carbocycles. The van der Waals surface area contributed by atoms with E-state index in [1.54, 1.807) is 0 Å². The summed E-state index contributed by atoms with van der Waals surface area (Å²) in [6.45, 7) is 5.16. The second-order valence-electron chi connectivity index (χ2n) is 3.64. The van der Waals surface area contributed by atoms with Crippen molar-refractivity contribution in [2.24, 2.45) is 0 Å². The summed E-state index contributed by atoms with van der Waals surface area (Å²) in [4.78, 5) is 9.26. The number of nitrogens with zero attached hydrogens (tertiary/aromatic N) is 1. The minimum absolute atomic E-state index is 0.111. The van der Waals surface area contributed by atoms with Crippen LogP contribution in [0.2, 0.25) is 0 Å². The van der Waals surface area contributed by atoms with Crippen molar-refractivity contribution in [1.29, 1.82) is 0 Å². The van der Waals surface area contributed by atoms with E-state index >= 15 is 0 Å². The van der Waals surface area contributed by atoms with Gasteiger partial charge in [-0.25, -0.2) is 0 Å². The summed E-state index contributed by atoms with van der Waals surface area (Å²) in [5.74, 6) is -0.995. The standard InChI is InChI=1S/C6H16NO.C3H6O2/c1-5-8-6-7(2,3)4;1-2-3(4)5/h5-6H2,1-4H3;2H2,1H3,(H,4,5)/q+1;/p-1. The zero-order valence-electron chi connectivity index (χ0n) is 9.29. The first-order valence-corrected chi connectivity index (χ1v) is 4.41. The minimum atomic E-state index is -0.995. The Balaban J connectivity index is 0. The molecule has 0 aliphatic carbocycles. The molecule has 0 rings (SSSR count). The Kier molecular flexibility index (Phi) is 9.17. The predicted octanol–water partition coefficient (Wildman–Crippen LogP) is -0.167. The Labute approximate surface area is 80.7 Å². The van der Waals surface area contributed by atoms with Crippen LogP contribution in [0.1, 0.15) is 20.3 Å². The first-order valence-electron chi connectivity index (χ1n) is 4.41. The molecule has 0 atom stereocenters. The number of carbonyl (C=O) groups is 1. The highest BCUT2D eigenvalue weighted by molar-refractivity contribution is 5.63. The maximum absolute atomic E-state index is 9.26. The number of hydrogen-bond acceptors (Lipinski definition) is 3. The van der Waals surface area contributed by atoms with Gasteiger partial charge in [0.15, 0.2) is 6.73 Å². The third-order valence-corrected chi connectivity index (χ3v) is 0.971. The van der Waals surface area contributed by atoms with Gasteiger partial charge in [-0.05, 0) is 13.3 Å². The molecule has 0 amide bonds. The second kappa shape index (κ2) is 8.01. The molecule has 80 valence electrons. The molecular weight excluding hydrogens is 170 g/mol. The minimum Gasteiger partial charge on any atom is -0.550 e. The average molecular weight is 191 g/mol. The number of carboxylic acids is 1. The van der Waals surface area contributed by atoms with E-state index < -0.39 is 5.97 Å². The van der Waals surface area contributed by atoms with Crippen LogP contribution in [-0.2, 0) is 9.53 Å². The molecule has 0 bridgehead atoms.